The zero-order valence-electron chi connectivity index (χ0n) is 16.8. The van der Waals surface area contributed by atoms with E-state index in [0.29, 0.717) is 10.9 Å². The van der Waals surface area contributed by atoms with E-state index in [9.17, 15) is 18.0 Å². The van der Waals surface area contributed by atoms with Crippen LogP contribution in [0.3, 0.4) is 0 Å². The van der Waals surface area contributed by atoms with Crippen LogP contribution in [0.25, 0.3) is 0 Å². The van der Waals surface area contributed by atoms with E-state index in [1.54, 1.807) is 78.9 Å². The molecule has 3 rings (SSSR count). The van der Waals surface area contributed by atoms with Gasteiger partial charge in [-0.2, -0.15) is 13.2 Å². The number of hydrogen-bond acceptors (Lipinski definition) is 3. The predicted octanol–water partition coefficient (Wildman–Crippen LogP) is 3.91. The van der Waals surface area contributed by atoms with Gasteiger partial charge < -0.3 is 10.6 Å². The number of hydrogen-bond donors (Lipinski definition) is 1. The third-order valence-corrected chi connectivity index (χ3v) is 4.65. The summed E-state index contributed by atoms with van der Waals surface area (Å²) in [5.74, 6) is -0.823. The van der Waals surface area contributed by atoms with Crippen LogP contribution in [0.5, 0.6) is 0 Å². The second kappa shape index (κ2) is 9.47. The van der Waals surface area contributed by atoms with Crippen molar-refractivity contribution in [2.75, 3.05) is 0 Å². The number of carbonyl (C=O) groups excluding carboxylic acids is 1. The number of carbonyl (C=O) groups is 1. The average Bonchev–Trinajstić information content (AvgIpc) is 2.77. The second-order valence-corrected chi connectivity index (χ2v) is 6.95. The fourth-order valence-electron chi connectivity index (χ4n) is 3.23. The van der Waals surface area contributed by atoms with Crippen LogP contribution in [0, 0.1) is 0 Å². The van der Waals surface area contributed by atoms with E-state index in [2.05, 4.69) is 4.90 Å². The summed E-state index contributed by atoms with van der Waals surface area (Å²) in [6, 6.07) is 25.0. The van der Waals surface area contributed by atoms with Crippen molar-refractivity contribution >= 4 is 29.3 Å². The largest absolute Gasteiger partial charge is 0.432 e. The lowest BCUT2D eigenvalue weighted by Gasteiger charge is -2.18. The maximum Gasteiger partial charge on any atom is 0.432 e. The van der Waals surface area contributed by atoms with Crippen LogP contribution in [-0.4, -0.2) is 24.5 Å². The van der Waals surface area contributed by atoms with E-state index >= 15 is 0 Å². The molecule has 0 aromatic heterocycles. The molecule has 0 unspecified atom stereocenters. The third kappa shape index (κ3) is 5.31. The smallest absolute Gasteiger partial charge is 0.402 e. The van der Waals surface area contributed by atoms with Gasteiger partial charge in [0.25, 0.3) is 0 Å². The van der Waals surface area contributed by atoms with Gasteiger partial charge in [0.15, 0.2) is 5.78 Å². The molecule has 0 aliphatic heterocycles. The lowest BCUT2D eigenvalue weighted by molar-refractivity contribution is -0.0581. The van der Waals surface area contributed by atoms with Gasteiger partial charge in [0, 0.05) is 11.3 Å². The first-order valence-electron chi connectivity index (χ1n) is 9.60. The summed E-state index contributed by atoms with van der Waals surface area (Å²) in [5.41, 5.74) is 4.86. The van der Waals surface area contributed by atoms with Crippen LogP contribution in [0.15, 0.2) is 107 Å². The van der Waals surface area contributed by atoms with Gasteiger partial charge in [-0.15, -0.1) is 0 Å². The molecule has 31 heavy (non-hydrogen) atoms. The molecule has 0 aliphatic carbocycles. The molecule has 0 atom stereocenters. The molecule has 0 saturated heterocycles. The van der Waals surface area contributed by atoms with Gasteiger partial charge in [-0.05, 0) is 17.8 Å². The Kier molecular flexibility index (Phi) is 6.75. The number of rotatable bonds is 6. The molecule has 3 nitrogen and oxygen atoms in total. The predicted molar refractivity (Wildman–Crippen MR) is 119 cm³/mol. The van der Waals surface area contributed by atoms with Gasteiger partial charge in [0.1, 0.15) is 5.71 Å². The molecular formula is C24H20BF3N2O. The van der Waals surface area contributed by atoms with E-state index in [1.807, 2.05) is 0 Å². The summed E-state index contributed by atoms with van der Waals surface area (Å²) in [4.78, 5) is 17.1. The number of allylic oxidation sites excluding steroid dienone is 2. The van der Waals surface area contributed by atoms with Gasteiger partial charge in [0.2, 0.25) is 0 Å². The van der Waals surface area contributed by atoms with E-state index in [-0.39, 0.29) is 11.3 Å². The first-order chi connectivity index (χ1) is 14.8. The second-order valence-electron chi connectivity index (χ2n) is 6.95. The lowest BCUT2D eigenvalue weighted by atomic mass is 9.51. The Labute approximate surface area is 179 Å². The first-order valence-corrected chi connectivity index (χ1v) is 9.60. The van der Waals surface area contributed by atoms with Crippen LogP contribution < -0.4 is 16.7 Å². The molecule has 0 amide bonds. The van der Waals surface area contributed by atoms with Crippen LogP contribution in [0.4, 0.5) is 13.2 Å². The van der Waals surface area contributed by atoms with E-state index in [0.717, 1.165) is 0 Å². The van der Waals surface area contributed by atoms with E-state index < -0.39 is 30.1 Å². The Bertz CT molecular complexity index is 1050. The molecule has 2 N–H and O–H groups in total. The average molecular weight is 420 g/mol. The standard InChI is InChI=1S/C24H20BF3N2O/c1-17(29)21(22(31)18-11-5-2-6-12-18)23(24(26,27)28)30-25(19-13-7-3-8-14-19)20-15-9-4-10-16-20/h2-16H,29H2,1H3/b21-17-,30-23-. The number of halogens is 3. The highest BCUT2D eigenvalue weighted by atomic mass is 19.4. The van der Waals surface area contributed by atoms with Crippen molar-refractivity contribution in [3.8, 4) is 0 Å². The van der Waals surface area contributed by atoms with Crippen LogP contribution >= 0.6 is 0 Å². The maximum absolute atomic E-state index is 14.2. The Morgan fingerprint density at radius 3 is 1.61 bits per heavy atom. The molecule has 0 fully saturated rings. The van der Waals surface area contributed by atoms with E-state index in [1.165, 1.54) is 19.1 Å². The van der Waals surface area contributed by atoms with Crippen molar-refractivity contribution < 1.29 is 18.0 Å². The number of benzene rings is 3. The third-order valence-electron chi connectivity index (χ3n) is 4.65. The fourth-order valence-corrected chi connectivity index (χ4v) is 3.23. The highest BCUT2D eigenvalue weighted by Gasteiger charge is 2.42. The minimum atomic E-state index is -4.89. The summed E-state index contributed by atoms with van der Waals surface area (Å²) >= 11 is 0. The molecule has 3 aromatic carbocycles. The maximum atomic E-state index is 14.2. The Hall–Kier alpha value is -3.61. The normalized spacial score (nSPS) is 12.8. The number of ketones is 1. The highest BCUT2D eigenvalue weighted by molar-refractivity contribution is 6.84. The molecule has 0 spiro atoms. The molecule has 3 aromatic rings. The summed E-state index contributed by atoms with van der Waals surface area (Å²) in [6.07, 6.45) is -4.89. The van der Waals surface area contributed by atoms with Crippen molar-refractivity contribution in [1.29, 1.82) is 0 Å². The van der Waals surface area contributed by atoms with Crippen molar-refractivity contribution in [1.82, 2.24) is 0 Å². The monoisotopic (exact) mass is 420 g/mol. The molecule has 0 heterocycles. The summed E-state index contributed by atoms with van der Waals surface area (Å²) in [6.45, 7) is 0.314. The first kappa shape index (κ1) is 22.1. The van der Waals surface area contributed by atoms with Crippen LogP contribution in [-0.2, 0) is 0 Å². The van der Waals surface area contributed by atoms with Crippen molar-refractivity contribution in [3.05, 3.63) is 108 Å². The SMILES string of the molecule is C/C(N)=C(C(=O)c1ccccc1)/C(=N/B(c1ccccc1)c1ccccc1)C(F)(F)F. The lowest BCUT2D eigenvalue weighted by Crippen LogP contribution is -2.44. The van der Waals surface area contributed by atoms with E-state index in [4.69, 9.17) is 5.73 Å². The Balaban J connectivity index is 2.22. The molecule has 0 bridgehead atoms. The van der Waals surface area contributed by atoms with Crippen molar-refractivity contribution in [2.24, 2.45) is 10.6 Å². The Morgan fingerprint density at radius 1 is 0.806 bits per heavy atom. The van der Waals surface area contributed by atoms with Gasteiger partial charge in [0.05, 0.1) is 5.57 Å². The zero-order chi connectivity index (χ0) is 22.4. The van der Waals surface area contributed by atoms with Gasteiger partial charge >= 0.3 is 13.0 Å². The molecule has 7 heteroatoms. The number of nitrogens with zero attached hydrogens (tertiary/aromatic N) is 1. The quantitative estimate of drug-likeness (QED) is 0.285. The topological polar surface area (TPSA) is 55.5 Å². The highest BCUT2D eigenvalue weighted by Crippen LogP contribution is 2.26. The van der Waals surface area contributed by atoms with Crippen LogP contribution in [0.2, 0.25) is 0 Å². The fraction of sp³-hybridized carbons (Fsp3) is 0.0833. The Morgan fingerprint density at radius 2 is 1.23 bits per heavy atom. The molecule has 0 saturated carbocycles. The molecule has 0 radical (unpaired) electrons. The number of nitrogens with two attached hydrogens (primary N) is 1. The molecular weight excluding hydrogens is 400 g/mol. The van der Waals surface area contributed by atoms with Gasteiger partial charge in [-0.3, -0.25) is 4.79 Å². The van der Waals surface area contributed by atoms with Gasteiger partial charge in [-0.1, -0.05) is 91.0 Å². The minimum Gasteiger partial charge on any atom is -0.402 e. The summed E-state index contributed by atoms with van der Waals surface area (Å²) < 4.78 is 42.7. The number of Topliss-reactive ketones (excluding diaryl/α,β-unsaturated/α-hetero) is 1. The zero-order valence-corrected chi connectivity index (χ0v) is 16.8. The van der Waals surface area contributed by atoms with Crippen molar-refractivity contribution in [2.45, 2.75) is 13.1 Å². The summed E-state index contributed by atoms with van der Waals surface area (Å²) in [5, 5.41) is 0. The minimum absolute atomic E-state index is 0.107. The van der Waals surface area contributed by atoms with Crippen molar-refractivity contribution in [3.63, 3.8) is 0 Å². The summed E-state index contributed by atoms with van der Waals surface area (Å²) in [7, 11) is 0. The number of alkyl halides is 3. The molecule has 0 aliphatic rings. The molecule has 156 valence electrons. The van der Waals surface area contributed by atoms with Gasteiger partial charge in [-0.25, -0.2) is 0 Å². The van der Waals surface area contributed by atoms with Crippen LogP contribution in [0.1, 0.15) is 17.3 Å².